The maximum atomic E-state index is 14.6. The SMILES string of the molecule is Cc1ccc(NS(C)(=O)=O)c(CN(c2nc(Nc3ccc4c(c3)NC(=O)C4)ncc2F)C(F)F)c1. The number of benzene rings is 2. The zero-order valence-electron chi connectivity index (χ0n) is 18.6. The smallest absolute Gasteiger partial charge is 0.316 e. The first-order chi connectivity index (χ1) is 16.5. The largest absolute Gasteiger partial charge is 0.325 e. The van der Waals surface area contributed by atoms with E-state index >= 15 is 0 Å². The second-order valence-corrected chi connectivity index (χ2v) is 9.78. The molecular weight excluding hydrogens is 485 g/mol. The summed E-state index contributed by atoms with van der Waals surface area (Å²) in [5.41, 5.74) is 2.87. The van der Waals surface area contributed by atoms with E-state index < -0.39 is 34.8 Å². The number of nitrogens with one attached hydrogen (secondary N) is 3. The van der Waals surface area contributed by atoms with E-state index in [9.17, 15) is 26.4 Å². The van der Waals surface area contributed by atoms with E-state index in [0.717, 1.165) is 18.0 Å². The van der Waals surface area contributed by atoms with Gasteiger partial charge in [-0.2, -0.15) is 13.8 Å². The number of aromatic nitrogens is 2. The van der Waals surface area contributed by atoms with Gasteiger partial charge in [-0.3, -0.25) is 14.4 Å². The van der Waals surface area contributed by atoms with Crippen LogP contribution in [0.2, 0.25) is 0 Å². The highest BCUT2D eigenvalue weighted by molar-refractivity contribution is 7.92. The van der Waals surface area contributed by atoms with E-state index in [1.54, 1.807) is 31.2 Å². The number of hydrogen-bond acceptors (Lipinski definition) is 7. The van der Waals surface area contributed by atoms with Gasteiger partial charge in [0.05, 0.1) is 31.1 Å². The van der Waals surface area contributed by atoms with Gasteiger partial charge in [-0.05, 0) is 36.2 Å². The molecule has 0 fully saturated rings. The molecule has 35 heavy (non-hydrogen) atoms. The Morgan fingerprint density at radius 3 is 2.69 bits per heavy atom. The van der Waals surface area contributed by atoms with Gasteiger partial charge in [0.15, 0.2) is 11.6 Å². The zero-order valence-corrected chi connectivity index (χ0v) is 19.5. The molecule has 1 amide bonds. The average molecular weight is 507 g/mol. The van der Waals surface area contributed by atoms with Crippen molar-refractivity contribution >= 4 is 44.8 Å². The first-order valence-electron chi connectivity index (χ1n) is 10.3. The van der Waals surface area contributed by atoms with Gasteiger partial charge >= 0.3 is 6.55 Å². The Morgan fingerprint density at radius 2 is 1.97 bits per heavy atom. The van der Waals surface area contributed by atoms with Crippen LogP contribution in [0.25, 0.3) is 0 Å². The fraction of sp³-hybridized carbons (Fsp3) is 0.227. The number of alkyl halides is 2. The van der Waals surface area contributed by atoms with Gasteiger partial charge in [0.2, 0.25) is 21.9 Å². The van der Waals surface area contributed by atoms with Crippen LogP contribution in [0.5, 0.6) is 0 Å². The number of fused-ring (bicyclic) bond motifs is 1. The molecule has 1 aromatic heterocycles. The highest BCUT2D eigenvalue weighted by atomic mass is 32.2. The predicted molar refractivity (Wildman–Crippen MR) is 126 cm³/mol. The zero-order chi connectivity index (χ0) is 25.3. The van der Waals surface area contributed by atoms with Crippen molar-refractivity contribution in [2.45, 2.75) is 26.4 Å². The molecular formula is C22H21F3N6O3S. The van der Waals surface area contributed by atoms with Gasteiger partial charge in [0.25, 0.3) is 0 Å². The minimum Gasteiger partial charge on any atom is -0.325 e. The Balaban J connectivity index is 1.64. The Hall–Kier alpha value is -3.87. The van der Waals surface area contributed by atoms with Crippen LogP contribution in [-0.2, 0) is 27.8 Å². The van der Waals surface area contributed by atoms with Crippen molar-refractivity contribution in [3.8, 4) is 0 Å². The summed E-state index contributed by atoms with van der Waals surface area (Å²) < 4.78 is 68.4. The van der Waals surface area contributed by atoms with E-state index in [1.807, 2.05) is 0 Å². The number of rotatable bonds is 8. The fourth-order valence-electron chi connectivity index (χ4n) is 3.61. The van der Waals surface area contributed by atoms with E-state index in [0.29, 0.717) is 21.8 Å². The molecule has 0 bridgehead atoms. The van der Waals surface area contributed by atoms with Crippen LogP contribution in [0.4, 0.5) is 42.0 Å². The number of hydrogen-bond donors (Lipinski definition) is 3. The van der Waals surface area contributed by atoms with Gasteiger partial charge in [0.1, 0.15) is 0 Å². The maximum Gasteiger partial charge on any atom is 0.316 e. The number of amides is 1. The Labute approximate surface area is 199 Å². The standard InChI is InChI=1S/C22H21F3N6O3S/c1-12-3-6-17(30-35(2,33)34)14(7-12)11-31(21(24)25)20-16(23)10-26-22(29-20)27-15-5-4-13-8-19(32)28-18(13)9-15/h3-7,9-10,21,30H,8,11H2,1-2H3,(H,28,32)(H,26,27,29). The van der Waals surface area contributed by atoms with Crippen molar-refractivity contribution in [2.75, 3.05) is 26.5 Å². The normalized spacial score (nSPS) is 12.9. The molecule has 3 aromatic rings. The van der Waals surface area contributed by atoms with Crippen LogP contribution < -0.4 is 20.3 Å². The molecule has 4 rings (SSSR count). The van der Waals surface area contributed by atoms with Crippen molar-refractivity contribution in [1.29, 1.82) is 0 Å². The maximum absolute atomic E-state index is 14.6. The van der Waals surface area contributed by atoms with Crippen molar-refractivity contribution < 1.29 is 26.4 Å². The third-order valence-corrected chi connectivity index (χ3v) is 5.71. The minimum atomic E-state index is -3.68. The summed E-state index contributed by atoms with van der Waals surface area (Å²) in [7, 11) is -3.68. The molecule has 0 saturated carbocycles. The Morgan fingerprint density at radius 1 is 1.20 bits per heavy atom. The molecule has 1 aliphatic heterocycles. The molecule has 0 saturated heterocycles. The van der Waals surface area contributed by atoms with Gasteiger partial charge in [-0.1, -0.05) is 23.8 Å². The van der Waals surface area contributed by atoms with Crippen LogP contribution >= 0.6 is 0 Å². The fourth-order valence-corrected chi connectivity index (χ4v) is 4.21. The molecule has 184 valence electrons. The molecule has 2 aromatic carbocycles. The summed E-state index contributed by atoms with van der Waals surface area (Å²) in [6, 6.07) is 9.61. The molecule has 1 aliphatic rings. The van der Waals surface area contributed by atoms with Crippen LogP contribution in [-0.4, -0.2) is 37.1 Å². The molecule has 13 heteroatoms. The molecule has 2 heterocycles. The lowest BCUT2D eigenvalue weighted by Gasteiger charge is -2.25. The quantitative estimate of drug-likeness (QED) is 0.399. The molecule has 0 atom stereocenters. The Bertz CT molecular complexity index is 1400. The lowest BCUT2D eigenvalue weighted by molar-refractivity contribution is -0.115. The number of nitrogens with zero attached hydrogens (tertiary/aromatic N) is 3. The molecule has 0 unspecified atom stereocenters. The highest BCUT2D eigenvalue weighted by Gasteiger charge is 2.25. The summed E-state index contributed by atoms with van der Waals surface area (Å²) in [6.07, 6.45) is 1.96. The monoisotopic (exact) mass is 506 g/mol. The second-order valence-electron chi connectivity index (χ2n) is 8.03. The molecule has 9 nitrogen and oxygen atoms in total. The van der Waals surface area contributed by atoms with Crippen LogP contribution in [0.1, 0.15) is 16.7 Å². The summed E-state index contributed by atoms with van der Waals surface area (Å²) in [5, 5.41) is 5.52. The predicted octanol–water partition coefficient (Wildman–Crippen LogP) is 3.76. The average Bonchev–Trinajstić information content (AvgIpc) is 3.13. The van der Waals surface area contributed by atoms with E-state index in [2.05, 4.69) is 25.3 Å². The third kappa shape index (κ3) is 5.80. The number of anilines is 5. The summed E-state index contributed by atoms with van der Waals surface area (Å²) in [5.74, 6) is -2.04. The summed E-state index contributed by atoms with van der Waals surface area (Å²) >= 11 is 0. The first kappa shape index (κ1) is 24.3. The number of halogens is 3. The van der Waals surface area contributed by atoms with E-state index in [4.69, 9.17) is 0 Å². The van der Waals surface area contributed by atoms with E-state index in [1.165, 1.54) is 12.1 Å². The van der Waals surface area contributed by atoms with Gasteiger partial charge in [0, 0.05) is 11.4 Å². The lowest BCUT2D eigenvalue weighted by atomic mass is 10.1. The third-order valence-electron chi connectivity index (χ3n) is 5.12. The van der Waals surface area contributed by atoms with Crippen molar-refractivity contribution in [2.24, 2.45) is 0 Å². The van der Waals surface area contributed by atoms with Gasteiger partial charge < -0.3 is 10.6 Å². The molecule has 0 aliphatic carbocycles. The second kappa shape index (κ2) is 9.41. The van der Waals surface area contributed by atoms with Crippen LogP contribution in [0.3, 0.4) is 0 Å². The summed E-state index contributed by atoms with van der Waals surface area (Å²) in [4.78, 5) is 19.7. The highest BCUT2D eigenvalue weighted by Crippen LogP contribution is 2.30. The van der Waals surface area contributed by atoms with E-state index in [-0.39, 0.29) is 29.5 Å². The number of sulfonamides is 1. The molecule has 0 spiro atoms. The minimum absolute atomic E-state index is 0.0942. The number of carbonyl (C=O) groups excluding carboxylic acids is 1. The van der Waals surface area contributed by atoms with Crippen LogP contribution in [0.15, 0.2) is 42.6 Å². The Kier molecular flexibility index (Phi) is 6.52. The molecule has 0 radical (unpaired) electrons. The summed E-state index contributed by atoms with van der Waals surface area (Å²) in [6.45, 7) is -1.98. The number of aryl methyl sites for hydroxylation is 1. The molecule has 3 N–H and O–H groups in total. The van der Waals surface area contributed by atoms with Gasteiger partial charge in [-0.25, -0.2) is 17.8 Å². The van der Waals surface area contributed by atoms with Crippen molar-refractivity contribution in [3.63, 3.8) is 0 Å². The van der Waals surface area contributed by atoms with Crippen molar-refractivity contribution in [3.05, 3.63) is 65.1 Å². The lowest BCUT2D eigenvalue weighted by Crippen LogP contribution is -2.31. The first-order valence-corrected chi connectivity index (χ1v) is 12.2. The topological polar surface area (TPSA) is 116 Å². The van der Waals surface area contributed by atoms with Crippen molar-refractivity contribution in [1.82, 2.24) is 9.97 Å². The van der Waals surface area contributed by atoms with Gasteiger partial charge in [-0.15, -0.1) is 0 Å². The van der Waals surface area contributed by atoms with Crippen LogP contribution in [0, 0.1) is 12.7 Å². The number of carbonyl (C=O) groups is 1.